The van der Waals surface area contributed by atoms with Crippen LogP contribution in [0.5, 0.6) is 0 Å². The van der Waals surface area contributed by atoms with Crippen LogP contribution in [0.15, 0.2) is 46.6 Å². The predicted molar refractivity (Wildman–Crippen MR) is 54.9 cm³/mol. The zero-order chi connectivity index (χ0) is 10.1. The van der Waals surface area contributed by atoms with Crippen LogP contribution in [0, 0.1) is 0 Å². The Hall–Kier alpha value is -1.57. The number of carbonyl (C=O) groups is 1. The molecule has 1 N–H and O–H groups in total. The van der Waals surface area contributed by atoms with Gasteiger partial charge in [0.25, 0.3) is 0 Å². The summed E-state index contributed by atoms with van der Waals surface area (Å²) in [5.74, 6) is -0.813. The number of hydrogen-bond acceptors (Lipinski definition) is 1. The van der Waals surface area contributed by atoms with Gasteiger partial charge >= 0.3 is 5.97 Å². The van der Waals surface area contributed by atoms with Crippen LogP contribution in [0.1, 0.15) is 19.8 Å². The maximum absolute atomic E-state index is 11.0. The highest BCUT2D eigenvalue weighted by Gasteiger charge is 2.22. The topological polar surface area (TPSA) is 37.3 Å². The van der Waals surface area contributed by atoms with Crippen LogP contribution in [-0.4, -0.2) is 11.1 Å². The molecule has 0 saturated heterocycles. The first kappa shape index (κ1) is 9.00. The van der Waals surface area contributed by atoms with E-state index in [9.17, 15) is 4.79 Å². The molecule has 0 aliphatic heterocycles. The minimum atomic E-state index is -0.813. The standard InChI is InChI=1S/C12H12O2/c1-8-6-7-10(11(8)12(13)14)9-4-2-3-5-9/h2,4-6H,3,7H2,1H3,(H,13,14). The van der Waals surface area contributed by atoms with Gasteiger partial charge in [0.15, 0.2) is 0 Å². The highest BCUT2D eigenvalue weighted by molar-refractivity contribution is 5.95. The molecule has 0 fully saturated rings. The van der Waals surface area contributed by atoms with E-state index in [1.807, 2.05) is 19.1 Å². The third-order valence-corrected chi connectivity index (χ3v) is 2.64. The fourth-order valence-corrected chi connectivity index (χ4v) is 1.94. The maximum atomic E-state index is 11.0. The van der Waals surface area contributed by atoms with Crippen molar-refractivity contribution in [1.29, 1.82) is 0 Å². The first-order valence-corrected chi connectivity index (χ1v) is 4.71. The van der Waals surface area contributed by atoms with Gasteiger partial charge in [-0.2, -0.15) is 0 Å². The van der Waals surface area contributed by atoms with E-state index in [4.69, 9.17) is 5.11 Å². The molecule has 72 valence electrons. The normalized spacial score (nSPS) is 20.1. The molecule has 14 heavy (non-hydrogen) atoms. The van der Waals surface area contributed by atoms with Crippen molar-refractivity contribution in [2.24, 2.45) is 0 Å². The highest BCUT2D eigenvalue weighted by atomic mass is 16.4. The smallest absolute Gasteiger partial charge is 0.336 e. The first-order valence-electron chi connectivity index (χ1n) is 4.71. The molecule has 0 heterocycles. The molecular formula is C12H12O2. The summed E-state index contributed by atoms with van der Waals surface area (Å²) >= 11 is 0. The summed E-state index contributed by atoms with van der Waals surface area (Å²) in [6.45, 7) is 1.86. The molecule has 2 nitrogen and oxygen atoms in total. The Bertz CT molecular complexity index is 406. The first-order chi connectivity index (χ1) is 6.70. The molecule has 0 spiro atoms. The average molecular weight is 188 g/mol. The summed E-state index contributed by atoms with van der Waals surface area (Å²) in [6.07, 6.45) is 9.78. The Labute approximate surface area is 82.9 Å². The number of aliphatic carboxylic acids is 1. The third kappa shape index (κ3) is 1.33. The van der Waals surface area contributed by atoms with Gasteiger partial charge in [-0.15, -0.1) is 0 Å². The van der Waals surface area contributed by atoms with Gasteiger partial charge in [-0.25, -0.2) is 4.79 Å². The maximum Gasteiger partial charge on any atom is 0.336 e. The molecule has 0 amide bonds. The molecule has 0 unspecified atom stereocenters. The Morgan fingerprint density at radius 3 is 2.79 bits per heavy atom. The molecule has 0 atom stereocenters. The Balaban J connectivity index is 2.44. The molecule has 0 saturated carbocycles. The van der Waals surface area contributed by atoms with Crippen LogP contribution in [0.25, 0.3) is 0 Å². The Morgan fingerprint density at radius 1 is 1.43 bits per heavy atom. The van der Waals surface area contributed by atoms with Crippen molar-refractivity contribution in [2.75, 3.05) is 0 Å². The second-order valence-electron chi connectivity index (χ2n) is 3.55. The fourth-order valence-electron chi connectivity index (χ4n) is 1.94. The quantitative estimate of drug-likeness (QED) is 0.723. The monoisotopic (exact) mass is 188 g/mol. The predicted octanol–water partition coefficient (Wildman–Crippen LogP) is 2.60. The summed E-state index contributed by atoms with van der Waals surface area (Å²) in [4.78, 5) is 11.0. The Kier molecular flexibility index (Phi) is 2.12. The van der Waals surface area contributed by atoms with Gasteiger partial charge in [0.05, 0.1) is 5.57 Å². The minimum absolute atomic E-state index is 0.489. The van der Waals surface area contributed by atoms with Crippen LogP contribution in [0.2, 0.25) is 0 Å². The van der Waals surface area contributed by atoms with Crippen molar-refractivity contribution in [3.63, 3.8) is 0 Å². The van der Waals surface area contributed by atoms with Crippen molar-refractivity contribution in [3.05, 3.63) is 46.6 Å². The lowest BCUT2D eigenvalue weighted by Crippen LogP contribution is -2.03. The van der Waals surface area contributed by atoms with Crippen molar-refractivity contribution in [3.8, 4) is 0 Å². The molecule has 0 aromatic rings. The number of rotatable bonds is 2. The molecular weight excluding hydrogens is 176 g/mol. The van der Waals surface area contributed by atoms with E-state index in [0.717, 1.165) is 29.6 Å². The number of carboxylic acid groups (broad SMARTS) is 1. The van der Waals surface area contributed by atoms with Crippen molar-refractivity contribution in [1.82, 2.24) is 0 Å². The van der Waals surface area contributed by atoms with E-state index >= 15 is 0 Å². The van der Waals surface area contributed by atoms with Gasteiger partial charge in [0.1, 0.15) is 0 Å². The van der Waals surface area contributed by atoms with Gasteiger partial charge in [0, 0.05) is 0 Å². The van der Waals surface area contributed by atoms with Gasteiger partial charge in [0.2, 0.25) is 0 Å². The SMILES string of the molecule is CC1=CCC(C2=CCC=C2)=C1C(=O)O. The number of allylic oxidation sites excluding steroid dienone is 6. The van der Waals surface area contributed by atoms with Crippen LogP contribution >= 0.6 is 0 Å². The second-order valence-corrected chi connectivity index (χ2v) is 3.55. The van der Waals surface area contributed by atoms with Crippen LogP contribution < -0.4 is 0 Å². The van der Waals surface area contributed by atoms with Crippen LogP contribution in [0.3, 0.4) is 0 Å². The van der Waals surface area contributed by atoms with E-state index in [-0.39, 0.29) is 0 Å². The zero-order valence-corrected chi connectivity index (χ0v) is 8.08. The highest BCUT2D eigenvalue weighted by Crippen LogP contribution is 2.33. The second kappa shape index (κ2) is 3.29. The molecule has 2 aliphatic rings. The summed E-state index contributed by atoms with van der Waals surface area (Å²) in [5.41, 5.74) is 3.41. The zero-order valence-electron chi connectivity index (χ0n) is 8.08. The summed E-state index contributed by atoms with van der Waals surface area (Å²) in [5, 5.41) is 9.06. The van der Waals surface area contributed by atoms with Crippen LogP contribution in [-0.2, 0) is 4.79 Å². The molecule has 0 radical (unpaired) electrons. The lowest BCUT2D eigenvalue weighted by Gasteiger charge is -2.04. The van der Waals surface area contributed by atoms with E-state index < -0.39 is 5.97 Å². The van der Waals surface area contributed by atoms with Gasteiger partial charge < -0.3 is 5.11 Å². The molecule has 2 aliphatic carbocycles. The number of carboxylic acids is 1. The lowest BCUT2D eigenvalue weighted by molar-refractivity contribution is -0.132. The average Bonchev–Trinajstić information content (AvgIpc) is 2.70. The van der Waals surface area contributed by atoms with Crippen LogP contribution in [0.4, 0.5) is 0 Å². The number of hydrogen-bond donors (Lipinski definition) is 1. The molecule has 0 bridgehead atoms. The minimum Gasteiger partial charge on any atom is -0.478 e. The lowest BCUT2D eigenvalue weighted by atomic mass is 10.0. The third-order valence-electron chi connectivity index (χ3n) is 2.64. The molecule has 0 aromatic carbocycles. The van der Waals surface area contributed by atoms with Crippen molar-refractivity contribution < 1.29 is 9.90 Å². The van der Waals surface area contributed by atoms with E-state index in [2.05, 4.69) is 12.2 Å². The van der Waals surface area contributed by atoms with E-state index in [0.29, 0.717) is 5.57 Å². The summed E-state index contributed by atoms with van der Waals surface area (Å²) in [7, 11) is 0. The van der Waals surface area contributed by atoms with Gasteiger partial charge in [-0.1, -0.05) is 24.3 Å². The summed E-state index contributed by atoms with van der Waals surface area (Å²) < 4.78 is 0. The van der Waals surface area contributed by atoms with E-state index in [1.54, 1.807) is 0 Å². The van der Waals surface area contributed by atoms with Gasteiger partial charge in [-0.3, -0.25) is 0 Å². The largest absolute Gasteiger partial charge is 0.478 e. The summed E-state index contributed by atoms with van der Waals surface area (Å²) in [6, 6.07) is 0. The van der Waals surface area contributed by atoms with Crippen molar-refractivity contribution in [2.45, 2.75) is 19.8 Å². The van der Waals surface area contributed by atoms with Gasteiger partial charge in [-0.05, 0) is 36.5 Å². The fraction of sp³-hybridized carbons (Fsp3) is 0.250. The molecule has 2 rings (SSSR count). The Morgan fingerprint density at radius 2 is 2.21 bits per heavy atom. The molecule has 2 heteroatoms. The van der Waals surface area contributed by atoms with E-state index in [1.165, 1.54) is 0 Å². The van der Waals surface area contributed by atoms with Crippen molar-refractivity contribution >= 4 is 5.97 Å². The molecule has 0 aromatic heterocycles.